The standard InChI is InChI=1S/C39H32N2.C35H29N2O.Ir/c1-2-14-34(15-3-1)39-28-31(24-26-41-39)21-23-33-13-5-7-17-36(33)29-35-16-6-4-12-32(35)22-20-30-11-10-18-37(27-30)38-19-8-9-25-40-38;1-21(2)25-11-7-12-26(22(3)4)33(25)37-18-17-36-35(37)29-14-8-13-28-31-19-24-16-15-23-9-5-6-10-27(23)30(24)20-32(31)38-34(28)29;/h1-14,16-17,19,24-28H,20-23,29H2;5-13,15-22H,1-4H3;/q-2;-1;+3. The number of hydrogen-bond donors (Lipinski definition) is 0. The van der Waals surface area contributed by atoms with Gasteiger partial charge in [-0.25, -0.2) is 0 Å². The number of aromatic nitrogens is 4. The number of furan rings is 1. The molecule has 80 heavy (non-hydrogen) atoms. The Morgan fingerprint density at radius 2 is 1.11 bits per heavy atom. The summed E-state index contributed by atoms with van der Waals surface area (Å²) in [5.41, 5.74) is 18.7. The van der Waals surface area contributed by atoms with Crippen molar-refractivity contribution in [1.82, 2.24) is 19.5 Å². The third-order valence-electron chi connectivity index (χ3n) is 15.3. The molecule has 0 aliphatic rings. The van der Waals surface area contributed by atoms with Crippen LogP contribution in [0.4, 0.5) is 0 Å². The van der Waals surface area contributed by atoms with Gasteiger partial charge in [0.15, 0.2) is 0 Å². The number of rotatable bonds is 14. The smallest absolute Gasteiger partial charge is 0.501 e. The summed E-state index contributed by atoms with van der Waals surface area (Å²) < 4.78 is 8.86. The van der Waals surface area contributed by atoms with Crippen LogP contribution in [0.15, 0.2) is 229 Å². The molecule has 0 atom stereocenters. The van der Waals surface area contributed by atoms with Crippen molar-refractivity contribution in [3.63, 3.8) is 0 Å². The van der Waals surface area contributed by atoms with Gasteiger partial charge in [-0.3, -0.25) is 4.98 Å². The van der Waals surface area contributed by atoms with Crippen LogP contribution in [0.2, 0.25) is 0 Å². The van der Waals surface area contributed by atoms with Crippen molar-refractivity contribution in [3.05, 3.63) is 288 Å². The normalized spacial score (nSPS) is 11.4. The summed E-state index contributed by atoms with van der Waals surface area (Å²) in [7, 11) is 0. The summed E-state index contributed by atoms with van der Waals surface area (Å²) in [4.78, 5) is 13.9. The second-order valence-electron chi connectivity index (χ2n) is 21.1. The summed E-state index contributed by atoms with van der Waals surface area (Å²) in [6.45, 7) is 9.00. The van der Waals surface area contributed by atoms with Crippen molar-refractivity contribution in [2.24, 2.45) is 0 Å². The molecule has 5 nitrogen and oxygen atoms in total. The molecule has 4 aromatic heterocycles. The maximum absolute atomic E-state index is 6.63. The monoisotopic (exact) mass is 1210 g/mol. The first-order valence-electron chi connectivity index (χ1n) is 27.7. The molecule has 13 rings (SSSR count). The Morgan fingerprint density at radius 3 is 1.84 bits per heavy atom. The summed E-state index contributed by atoms with van der Waals surface area (Å²) in [5.74, 6) is 1.61. The number of nitrogens with zero attached hydrogens (tertiary/aromatic N) is 4. The average Bonchev–Trinajstić information content (AvgIpc) is 4.35. The third-order valence-corrected chi connectivity index (χ3v) is 15.3. The summed E-state index contributed by atoms with van der Waals surface area (Å²) in [6, 6.07) is 80.8. The van der Waals surface area contributed by atoms with E-state index < -0.39 is 0 Å². The van der Waals surface area contributed by atoms with Crippen LogP contribution in [-0.4, -0.2) is 19.5 Å². The Kier molecular flexibility index (Phi) is 16.2. The Bertz CT molecular complexity index is 4100. The second kappa shape index (κ2) is 24.2. The zero-order chi connectivity index (χ0) is 53.7. The number of benzene rings is 9. The van der Waals surface area contributed by atoms with Crippen molar-refractivity contribution in [1.29, 1.82) is 0 Å². The van der Waals surface area contributed by atoms with Gasteiger partial charge in [0.1, 0.15) is 5.58 Å². The number of para-hydroxylation sites is 1. The predicted octanol–water partition coefficient (Wildman–Crippen LogP) is 18.4. The molecule has 0 aliphatic carbocycles. The van der Waals surface area contributed by atoms with Crippen molar-refractivity contribution in [2.45, 2.75) is 71.6 Å². The van der Waals surface area contributed by atoms with Crippen LogP contribution in [0, 0.1) is 18.2 Å². The molecular weight excluding hydrogens is 1150 g/mol. The van der Waals surface area contributed by atoms with Gasteiger partial charge in [0.2, 0.25) is 0 Å². The maximum atomic E-state index is 6.63. The minimum absolute atomic E-state index is 0. The average molecular weight is 1210 g/mol. The van der Waals surface area contributed by atoms with E-state index in [1.54, 1.807) is 0 Å². The van der Waals surface area contributed by atoms with Gasteiger partial charge in [0, 0.05) is 35.9 Å². The molecule has 6 heteroatoms. The number of pyridine rings is 2. The molecule has 0 amide bonds. The van der Waals surface area contributed by atoms with Crippen LogP contribution in [0.1, 0.15) is 84.0 Å². The minimum Gasteiger partial charge on any atom is -0.501 e. The molecule has 0 bridgehead atoms. The Labute approximate surface area is 483 Å². The van der Waals surface area contributed by atoms with E-state index in [-0.39, 0.29) is 20.1 Å². The van der Waals surface area contributed by atoms with E-state index in [9.17, 15) is 0 Å². The van der Waals surface area contributed by atoms with Crippen molar-refractivity contribution in [3.8, 4) is 39.6 Å². The zero-order valence-electron chi connectivity index (χ0n) is 45.6. The first kappa shape index (κ1) is 53.5. The van der Waals surface area contributed by atoms with Gasteiger partial charge in [0.25, 0.3) is 0 Å². The van der Waals surface area contributed by atoms with Crippen LogP contribution in [0.5, 0.6) is 0 Å². The predicted molar refractivity (Wildman–Crippen MR) is 326 cm³/mol. The SMILES string of the molecule is CC(C)c1cccc(C(C)C)c1-n1ccnc1-c1[c-]ccc2c1oc1cc3c(ccc4ccccc43)cc12.[Ir+3].[c-]1ccccc1-c1cc(CCc2ccccc2Cc2ccccc2CCc2cc[c-]c(-c3ccccn3)c2)ccn1. The topological polar surface area (TPSA) is 56.7 Å². The molecule has 0 radical (unpaired) electrons. The van der Waals surface area contributed by atoms with Gasteiger partial charge in [-0.1, -0.05) is 166 Å². The minimum atomic E-state index is 0. The van der Waals surface area contributed by atoms with Gasteiger partial charge >= 0.3 is 20.1 Å². The maximum Gasteiger partial charge on any atom is 3.00 e. The molecule has 0 unspecified atom stereocenters. The molecular formula is C74H61IrN4O. The van der Waals surface area contributed by atoms with E-state index in [1.807, 2.05) is 67.1 Å². The first-order valence-corrected chi connectivity index (χ1v) is 27.7. The summed E-state index contributed by atoms with van der Waals surface area (Å²) in [6.07, 6.45) is 12.6. The van der Waals surface area contributed by atoms with Crippen molar-refractivity contribution in [2.75, 3.05) is 0 Å². The Morgan fingerprint density at radius 1 is 0.450 bits per heavy atom. The van der Waals surface area contributed by atoms with Crippen LogP contribution in [-0.2, 0) is 52.2 Å². The van der Waals surface area contributed by atoms with E-state index in [4.69, 9.17) is 9.40 Å². The number of aryl methyl sites for hydroxylation is 4. The zero-order valence-corrected chi connectivity index (χ0v) is 48.0. The van der Waals surface area contributed by atoms with Crippen molar-refractivity contribution >= 4 is 43.5 Å². The van der Waals surface area contributed by atoms with Gasteiger partial charge in [-0.15, -0.1) is 89.5 Å². The van der Waals surface area contributed by atoms with E-state index >= 15 is 0 Å². The molecule has 392 valence electrons. The number of hydrogen-bond acceptors (Lipinski definition) is 4. The third kappa shape index (κ3) is 11.3. The number of fused-ring (bicyclic) bond motifs is 6. The van der Waals surface area contributed by atoms with E-state index in [2.05, 4.69) is 218 Å². The van der Waals surface area contributed by atoms with Crippen LogP contribution < -0.4 is 0 Å². The molecule has 0 saturated heterocycles. The fourth-order valence-electron chi connectivity index (χ4n) is 11.2. The molecule has 13 aromatic rings. The van der Waals surface area contributed by atoms with E-state index in [0.29, 0.717) is 11.8 Å². The van der Waals surface area contributed by atoms with E-state index in [1.165, 1.54) is 71.7 Å². The van der Waals surface area contributed by atoms with Gasteiger partial charge < -0.3 is 19.0 Å². The van der Waals surface area contributed by atoms with Crippen molar-refractivity contribution < 1.29 is 24.5 Å². The summed E-state index contributed by atoms with van der Waals surface area (Å²) >= 11 is 0. The van der Waals surface area contributed by atoms with Gasteiger partial charge in [-0.2, -0.15) is 0 Å². The second-order valence-corrected chi connectivity index (χ2v) is 21.1. The molecule has 4 heterocycles. The Balaban J connectivity index is 0.000000167. The molecule has 0 spiro atoms. The number of imidazole rings is 1. The Hall–Kier alpha value is -8.54. The molecule has 0 N–H and O–H groups in total. The fourth-order valence-corrected chi connectivity index (χ4v) is 11.2. The quantitative estimate of drug-likeness (QED) is 0.0804. The molecule has 9 aromatic carbocycles. The molecule has 0 fully saturated rings. The first-order chi connectivity index (χ1) is 38.8. The summed E-state index contributed by atoms with van der Waals surface area (Å²) in [5, 5.41) is 7.08. The molecule has 0 saturated carbocycles. The van der Waals surface area contributed by atoms with Crippen LogP contribution in [0.3, 0.4) is 0 Å². The molecule has 0 aliphatic heterocycles. The largest absolute Gasteiger partial charge is 3.00 e. The van der Waals surface area contributed by atoms with E-state index in [0.717, 1.165) is 87.9 Å². The van der Waals surface area contributed by atoms with Gasteiger partial charge in [-0.05, 0) is 135 Å². The van der Waals surface area contributed by atoms with Crippen LogP contribution in [0.25, 0.3) is 83.1 Å². The van der Waals surface area contributed by atoms with Gasteiger partial charge in [0.05, 0.1) is 11.4 Å². The van der Waals surface area contributed by atoms with Crippen LogP contribution >= 0.6 is 0 Å². The fraction of sp³-hybridized carbons (Fsp3) is 0.149.